The molecule has 0 fully saturated rings. The molecule has 1 rings (SSSR count). The summed E-state index contributed by atoms with van der Waals surface area (Å²) in [6.07, 6.45) is 2.06. The summed E-state index contributed by atoms with van der Waals surface area (Å²) < 4.78 is 0. The van der Waals surface area contributed by atoms with E-state index < -0.39 is 0 Å². The van der Waals surface area contributed by atoms with E-state index in [9.17, 15) is 0 Å². The third-order valence-corrected chi connectivity index (χ3v) is 3.07. The zero-order valence-corrected chi connectivity index (χ0v) is 11.5. The second-order valence-corrected chi connectivity index (χ2v) is 5.19. The SMILES string of the molecule is CSc1ccccc1NC(=S)NCC(C)C. The van der Waals surface area contributed by atoms with Gasteiger partial charge in [0.05, 0.1) is 5.69 Å². The Morgan fingerprint density at radius 3 is 2.69 bits per heavy atom. The lowest BCUT2D eigenvalue weighted by Gasteiger charge is -2.14. The van der Waals surface area contributed by atoms with Crippen LogP contribution >= 0.6 is 24.0 Å². The van der Waals surface area contributed by atoms with Crippen LogP contribution in [0, 0.1) is 5.92 Å². The highest BCUT2D eigenvalue weighted by atomic mass is 32.2. The number of rotatable bonds is 4. The van der Waals surface area contributed by atoms with Gasteiger partial charge in [-0.1, -0.05) is 26.0 Å². The zero-order valence-electron chi connectivity index (χ0n) is 9.91. The van der Waals surface area contributed by atoms with Crippen LogP contribution in [0.2, 0.25) is 0 Å². The molecule has 0 heterocycles. The van der Waals surface area contributed by atoms with Crippen LogP contribution in [0.1, 0.15) is 13.8 Å². The molecule has 0 aromatic heterocycles. The van der Waals surface area contributed by atoms with Gasteiger partial charge in [0.1, 0.15) is 0 Å². The Morgan fingerprint density at radius 2 is 2.06 bits per heavy atom. The maximum Gasteiger partial charge on any atom is 0.170 e. The van der Waals surface area contributed by atoms with E-state index in [4.69, 9.17) is 12.2 Å². The van der Waals surface area contributed by atoms with Crippen LogP contribution in [-0.4, -0.2) is 17.9 Å². The van der Waals surface area contributed by atoms with Crippen molar-refractivity contribution >= 4 is 34.8 Å². The lowest BCUT2D eigenvalue weighted by molar-refractivity contribution is 0.627. The topological polar surface area (TPSA) is 24.1 Å². The smallest absolute Gasteiger partial charge is 0.170 e. The van der Waals surface area contributed by atoms with Crippen molar-refractivity contribution in [3.05, 3.63) is 24.3 Å². The first-order valence-corrected chi connectivity index (χ1v) is 6.94. The van der Waals surface area contributed by atoms with Gasteiger partial charge in [-0.05, 0) is 36.5 Å². The number of hydrogen-bond donors (Lipinski definition) is 2. The first kappa shape index (κ1) is 13.3. The van der Waals surface area contributed by atoms with Crippen LogP contribution in [0.3, 0.4) is 0 Å². The monoisotopic (exact) mass is 254 g/mol. The summed E-state index contributed by atoms with van der Waals surface area (Å²) in [6, 6.07) is 8.15. The van der Waals surface area contributed by atoms with E-state index in [2.05, 4.69) is 36.8 Å². The highest BCUT2D eigenvalue weighted by Gasteiger charge is 2.02. The van der Waals surface area contributed by atoms with Crippen LogP contribution < -0.4 is 10.6 Å². The number of anilines is 1. The molecule has 0 bridgehead atoms. The van der Waals surface area contributed by atoms with E-state index in [0.717, 1.165) is 12.2 Å². The Bertz CT molecular complexity index is 351. The molecule has 1 aromatic rings. The molecule has 0 spiro atoms. The molecule has 16 heavy (non-hydrogen) atoms. The number of benzene rings is 1. The van der Waals surface area contributed by atoms with Gasteiger partial charge >= 0.3 is 0 Å². The number of para-hydroxylation sites is 1. The van der Waals surface area contributed by atoms with Crippen molar-refractivity contribution in [1.82, 2.24) is 5.32 Å². The maximum atomic E-state index is 5.23. The minimum atomic E-state index is 0.593. The summed E-state index contributed by atoms with van der Waals surface area (Å²) >= 11 is 6.94. The fourth-order valence-corrected chi connectivity index (χ4v) is 1.96. The Labute approximate surface area is 107 Å². The van der Waals surface area contributed by atoms with Gasteiger partial charge < -0.3 is 10.6 Å². The predicted octanol–water partition coefficient (Wildman–Crippen LogP) is 3.35. The number of thiocarbonyl (C=S) groups is 1. The van der Waals surface area contributed by atoms with Crippen molar-refractivity contribution in [3.8, 4) is 0 Å². The molecule has 0 saturated heterocycles. The molecule has 0 atom stereocenters. The van der Waals surface area contributed by atoms with Gasteiger partial charge in [0.2, 0.25) is 0 Å². The van der Waals surface area contributed by atoms with Gasteiger partial charge in [-0.3, -0.25) is 0 Å². The molecule has 0 aliphatic rings. The number of nitrogens with one attached hydrogen (secondary N) is 2. The van der Waals surface area contributed by atoms with E-state index in [1.165, 1.54) is 4.90 Å². The molecular weight excluding hydrogens is 236 g/mol. The number of hydrogen-bond acceptors (Lipinski definition) is 2. The summed E-state index contributed by atoms with van der Waals surface area (Å²) in [4.78, 5) is 1.20. The Morgan fingerprint density at radius 1 is 1.38 bits per heavy atom. The average Bonchev–Trinajstić information content (AvgIpc) is 2.27. The van der Waals surface area contributed by atoms with Gasteiger partial charge in [-0.2, -0.15) is 0 Å². The van der Waals surface area contributed by atoms with Crippen LogP contribution in [0.15, 0.2) is 29.2 Å². The minimum absolute atomic E-state index is 0.593. The van der Waals surface area contributed by atoms with E-state index in [1.807, 2.05) is 18.2 Å². The van der Waals surface area contributed by atoms with Gasteiger partial charge in [0.25, 0.3) is 0 Å². The summed E-state index contributed by atoms with van der Waals surface area (Å²) in [5.74, 6) is 0.593. The normalized spacial score (nSPS) is 10.2. The van der Waals surface area contributed by atoms with E-state index >= 15 is 0 Å². The fourth-order valence-electron chi connectivity index (χ4n) is 1.21. The zero-order chi connectivity index (χ0) is 12.0. The minimum Gasteiger partial charge on any atom is -0.362 e. The molecule has 0 amide bonds. The molecule has 1 aromatic carbocycles. The fraction of sp³-hybridized carbons (Fsp3) is 0.417. The van der Waals surface area contributed by atoms with Crippen molar-refractivity contribution < 1.29 is 0 Å². The molecule has 2 nitrogen and oxygen atoms in total. The standard InChI is InChI=1S/C12H18N2S2/c1-9(2)8-13-12(15)14-10-6-4-5-7-11(10)16-3/h4-7,9H,8H2,1-3H3,(H2,13,14,15). The molecule has 0 aliphatic heterocycles. The predicted molar refractivity (Wildman–Crippen MR) is 77.3 cm³/mol. The van der Waals surface area contributed by atoms with Crippen LogP contribution in [0.4, 0.5) is 5.69 Å². The molecule has 0 unspecified atom stereocenters. The van der Waals surface area contributed by atoms with Crippen molar-refractivity contribution in [2.24, 2.45) is 5.92 Å². The van der Waals surface area contributed by atoms with Crippen LogP contribution in [0.25, 0.3) is 0 Å². The highest BCUT2D eigenvalue weighted by molar-refractivity contribution is 7.98. The lowest BCUT2D eigenvalue weighted by Crippen LogP contribution is -2.31. The molecule has 0 radical (unpaired) electrons. The summed E-state index contributed by atoms with van der Waals surface area (Å²) in [7, 11) is 0. The third kappa shape index (κ3) is 4.41. The molecule has 0 aliphatic carbocycles. The quantitative estimate of drug-likeness (QED) is 0.635. The highest BCUT2D eigenvalue weighted by Crippen LogP contribution is 2.24. The van der Waals surface area contributed by atoms with Crippen LogP contribution in [-0.2, 0) is 0 Å². The largest absolute Gasteiger partial charge is 0.362 e. The summed E-state index contributed by atoms with van der Waals surface area (Å²) in [5, 5.41) is 7.10. The van der Waals surface area contributed by atoms with E-state index in [1.54, 1.807) is 11.8 Å². The Balaban J connectivity index is 2.55. The molecule has 0 saturated carbocycles. The summed E-state index contributed by atoms with van der Waals surface area (Å²) in [6.45, 7) is 5.21. The molecule has 88 valence electrons. The molecule has 2 N–H and O–H groups in total. The average molecular weight is 254 g/mol. The van der Waals surface area contributed by atoms with E-state index in [0.29, 0.717) is 11.0 Å². The Kier molecular flexibility index (Phi) is 5.63. The van der Waals surface area contributed by atoms with Gasteiger partial charge in [0, 0.05) is 11.4 Å². The molecular formula is C12H18N2S2. The van der Waals surface area contributed by atoms with E-state index in [-0.39, 0.29) is 0 Å². The van der Waals surface area contributed by atoms with Gasteiger partial charge in [0.15, 0.2) is 5.11 Å². The third-order valence-electron chi connectivity index (χ3n) is 2.03. The van der Waals surface area contributed by atoms with Gasteiger partial charge in [-0.25, -0.2) is 0 Å². The Hall–Kier alpha value is -0.740. The maximum absolute atomic E-state index is 5.23. The first-order chi connectivity index (χ1) is 7.63. The van der Waals surface area contributed by atoms with Crippen molar-refractivity contribution in [1.29, 1.82) is 0 Å². The lowest BCUT2D eigenvalue weighted by atomic mass is 10.2. The first-order valence-electron chi connectivity index (χ1n) is 5.31. The second-order valence-electron chi connectivity index (χ2n) is 3.93. The van der Waals surface area contributed by atoms with Crippen molar-refractivity contribution in [2.45, 2.75) is 18.7 Å². The second kappa shape index (κ2) is 6.76. The summed E-state index contributed by atoms with van der Waals surface area (Å²) in [5.41, 5.74) is 1.07. The van der Waals surface area contributed by atoms with Gasteiger partial charge in [-0.15, -0.1) is 11.8 Å². The van der Waals surface area contributed by atoms with Crippen LogP contribution in [0.5, 0.6) is 0 Å². The number of thioether (sulfide) groups is 1. The van der Waals surface area contributed by atoms with Crippen molar-refractivity contribution in [2.75, 3.05) is 18.1 Å². The van der Waals surface area contributed by atoms with Crippen molar-refractivity contribution in [3.63, 3.8) is 0 Å². The molecule has 4 heteroatoms.